The highest BCUT2D eigenvalue weighted by atomic mass is 16.5. The number of hydrogen-bond acceptors (Lipinski definition) is 4. The number of nitrogens with zero attached hydrogens (tertiary/aromatic N) is 1. The van der Waals surface area contributed by atoms with Gasteiger partial charge < -0.3 is 15.2 Å². The van der Waals surface area contributed by atoms with E-state index in [4.69, 9.17) is 9.84 Å². The van der Waals surface area contributed by atoms with Gasteiger partial charge >= 0.3 is 12.0 Å². The van der Waals surface area contributed by atoms with Crippen molar-refractivity contribution in [3.8, 4) is 0 Å². The van der Waals surface area contributed by atoms with E-state index in [0.29, 0.717) is 25.7 Å². The number of ether oxygens (including phenoxy) is 1. The van der Waals surface area contributed by atoms with Crippen LogP contribution in [0.3, 0.4) is 0 Å². The Labute approximate surface area is 122 Å². The molecule has 0 aromatic heterocycles. The van der Waals surface area contributed by atoms with E-state index in [9.17, 15) is 14.4 Å². The van der Waals surface area contributed by atoms with Crippen LogP contribution >= 0.6 is 0 Å². The summed E-state index contributed by atoms with van der Waals surface area (Å²) >= 11 is 0. The maximum Gasteiger partial charge on any atom is 0.332 e. The lowest BCUT2D eigenvalue weighted by molar-refractivity contribution is -0.149. The maximum absolute atomic E-state index is 12.6. The average Bonchev–Trinajstić information content (AvgIpc) is 3.00. The highest BCUT2D eigenvalue weighted by molar-refractivity contribution is 6.07. The SMILES string of the molecule is O=C(O)C1CCC(CN2C(=O)NC3(CCCCC3)C2=O)O1. The van der Waals surface area contributed by atoms with Crippen LogP contribution < -0.4 is 5.32 Å². The molecular formula is C14H20N2O5. The number of rotatable bonds is 3. The molecule has 0 radical (unpaired) electrons. The Kier molecular flexibility index (Phi) is 3.61. The van der Waals surface area contributed by atoms with Gasteiger partial charge in [-0.2, -0.15) is 0 Å². The third-order valence-corrected chi connectivity index (χ3v) is 4.72. The molecule has 2 N–H and O–H groups in total. The van der Waals surface area contributed by atoms with Gasteiger partial charge in [-0.05, 0) is 25.7 Å². The molecule has 3 aliphatic rings. The fourth-order valence-corrected chi connectivity index (χ4v) is 3.56. The van der Waals surface area contributed by atoms with Crippen LogP contribution in [-0.4, -0.2) is 52.2 Å². The predicted molar refractivity (Wildman–Crippen MR) is 71.6 cm³/mol. The monoisotopic (exact) mass is 296 g/mol. The standard InChI is InChI=1S/C14H20N2O5/c17-11(18)10-5-4-9(21-10)8-16-12(19)14(15-13(16)20)6-2-1-3-7-14/h9-10H,1-8H2,(H,15,20)(H,17,18). The molecule has 1 aliphatic carbocycles. The summed E-state index contributed by atoms with van der Waals surface area (Å²) < 4.78 is 5.38. The van der Waals surface area contributed by atoms with E-state index < -0.39 is 17.6 Å². The van der Waals surface area contributed by atoms with Crippen molar-refractivity contribution >= 4 is 17.9 Å². The van der Waals surface area contributed by atoms with Gasteiger partial charge in [0.15, 0.2) is 6.10 Å². The van der Waals surface area contributed by atoms with Gasteiger partial charge in [0.1, 0.15) is 5.54 Å². The first-order valence-electron chi connectivity index (χ1n) is 7.54. The number of carboxylic acid groups (broad SMARTS) is 1. The third kappa shape index (κ3) is 2.50. The van der Waals surface area contributed by atoms with Crippen LogP contribution in [0, 0.1) is 0 Å². The number of urea groups is 1. The molecule has 0 aromatic rings. The van der Waals surface area contributed by atoms with E-state index in [-0.39, 0.29) is 24.6 Å². The minimum atomic E-state index is -0.988. The Balaban J connectivity index is 1.65. The van der Waals surface area contributed by atoms with E-state index in [1.165, 1.54) is 4.90 Å². The van der Waals surface area contributed by atoms with Gasteiger partial charge in [0, 0.05) is 0 Å². The van der Waals surface area contributed by atoms with Crippen LogP contribution in [0.1, 0.15) is 44.9 Å². The number of hydrogen-bond donors (Lipinski definition) is 2. The number of carbonyl (C=O) groups excluding carboxylic acids is 2. The second-order valence-electron chi connectivity index (χ2n) is 6.15. The van der Waals surface area contributed by atoms with Gasteiger partial charge in [-0.1, -0.05) is 19.3 Å². The molecule has 1 saturated carbocycles. The van der Waals surface area contributed by atoms with Crippen molar-refractivity contribution in [3.05, 3.63) is 0 Å². The molecule has 116 valence electrons. The molecule has 3 fully saturated rings. The molecule has 2 aliphatic heterocycles. The Morgan fingerprint density at radius 1 is 1.29 bits per heavy atom. The smallest absolute Gasteiger partial charge is 0.332 e. The van der Waals surface area contributed by atoms with Crippen molar-refractivity contribution in [2.45, 2.75) is 62.7 Å². The molecule has 3 amide bonds. The second kappa shape index (κ2) is 5.29. The van der Waals surface area contributed by atoms with Crippen LogP contribution in [0.4, 0.5) is 4.79 Å². The van der Waals surface area contributed by atoms with E-state index in [2.05, 4.69) is 5.32 Å². The zero-order valence-electron chi connectivity index (χ0n) is 11.8. The third-order valence-electron chi connectivity index (χ3n) is 4.72. The summed E-state index contributed by atoms with van der Waals surface area (Å²) in [7, 11) is 0. The van der Waals surface area contributed by atoms with Gasteiger partial charge in [-0.25, -0.2) is 9.59 Å². The van der Waals surface area contributed by atoms with Crippen molar-refractivity contribution < 1.29 is 24.2 Å². The fraction of sp³-hybridized carbons (Fsp3) is 0.786. The van der Waals surface area contributed by atoms with E-state index in [0.717, 1.165) is 19.3 Å². The largest absolute Gasteiger partial charge is 0.479 e. The maximum atomic E-state index is 12.6. The van der Waals surface area contributed by atoms with Gasteiger partial charge in [0.25, 0.3) is 5.91 Å². The normalized spacial score (nSPS) is 31.7. The first-order chi connectivity index (χ1) is 10.0. The lowest BCUT2D eigenvalue weighted by Gasteiger charge is -2.30. The Bertz CT molecular complexity index is 472. The Hall–Kier alpha value is -1.63. The summed E-state index contributed by atoms with van der Waals surface area (Å²) in [5.74, 6) is -1.16. The Morgan fingerprint density at radius 2 is 2.00 bits per heavy atom. The molecular weight excluding hydrogens is 276 g/mol. The Morgan fingerprint density at radius 3 is 2.62 bits per heavy atom. The van der Waals surface area contributed by atoms with Crippen LogP contribution in [0.2, 0.25) is 0 Å². The van der Waals surface area contributed by atoms with Gasteiger partial charge in [0.05, 0.1) is 12.6 Å². The zero-order chi connectivity index (χ0) is 15.0. The van der Waals surface area contributed by atoms with E-state index >= 15 is 0 Å². The molecule has 2 atom stereocenters. The van der Waals surface area contributed by atoms with Crippen molar-refractivity contribution in [1.29, 1.82) is 0 Å². The molecule has 2 heterocycles. The zero-order valence-corrected chi connectivity index (χ0v) is 11.8. The number of aliphatic carboxylic acids is 1. The molecule has 0 aromatic carbocycles. The van der Waals surface area contributed by atoms with Crippen LogP contribution in [0.5, 0.6) is 0 Å². The fourth-order valence-electron chi connectivity index (χ4n) is 3.56. The number of carbonyl (C=O) groups is 3. The number of amides is 3. The predicted octanol–water partition coefficient (Wildman–Crippen LogP) is 0.873. The highest BCUT2D eigenvalue weighted by Crippen LogP contribution is 2.34. The van der Waals surface area contributed by atoms with Crippen LogP contribution in [-0.2, 0) is 14.3 Å². The van der Waals surface area contributed by atoms with Crippen molar-refractivity contribution in [2.75, 3.05) is 6.54 Å². The van der Waals surface area contributed by atoms with Crippen LogP contribution in [0.25, 0.3) is 0 Å². The molecule has 1 spiro atoms. The summed E-state index contributed by atoms with van der Waals surface area (Å²) in [5.41, 5.74) is -0.722. The summed E-state index contributed by atoms with van der Waals surface area (Å²) in [6.07, 6.45) is 4.15. The molecule has 0 bridgehead atoms. The average molecular weight is 296 g/mol. The van der Waals surface area contributed by atoms with Gasteiger partial charge in [0.2, 0.25) is 0 Å². The summed E-state index contributed by atoms with van der Waals surface area (Å²) in [6, 6.07) is -0.371. The summed E-state index contributed by atoms with van der Waals surface area (Å²) in [5, 5.41) is 11.8. The molecule has 21 heavy (non-hydrogen) atoms. The molecule has 2 unspecified atom stereocenters. The van der Waals surface area contributed by atoms with E-state index in [1.54, 1.807) is 0 Å². The summed E-state index contributed by atoms with van der Waals surface area (Å²) in [6.45, 7) is 0.149. The molecule has 7 heteroatoms. The lowest BCUT2D eigenvalue weighted by atomic mass is 9.82. The quantitative estimate of drug-likeness (QED) is 0.753. The number of carboxylic acids is 1. The topological polar surface area (TPSA) is 95.9 Å². The van der Waals surface area contributed by atoms with Gasteiger partial charge in [-0.15, -0.1) is 0 Å². The van der Waals surface area contributed by atoms with Crippen molar-refractivity contribution in [3.63, 3.8) is 0 Å². The summed E-state index contributed by atoms with van der Waals surface area (Å²) in [4.78, 5) is 36.7. The first-order valence-corrected chi connectivity index (χ1v) is 7.54. The minimum Gasteiger partial charge on any atom is -0.479 e. The van der Waals surface area contributed by atoms with Crippen LogP contribution in [0.15, 0.2) is 0 Å². The highest BCUT2D eigenvalue weighted by Gasteiger charge is 2.52. The van der Waals surface area contributed by atoms with Crippen molar-refractivity contribution in [1.82, 2.24) is 10.2 Å². The number of imide groups is 1. The second-order valence-corrected chi connectivity index (χ2v) is 6.15. The first kappa shape index (κ1) is 14.3. The van der Waals surface area contributed by atoms with E-state index in [1.807, 2.05) is 0 Å². The minimum absolute atomic E-state index is 0.149. The number of nitrogens with one attached hydrogen (secondary N) is 1. The molecule has 2 saturated heterocycles. The molecule has 3 rings (SSSR count). The van der Waals surface area contributed by atoms with Gasteiger partial charge in [-0.3, -0.25) is 9.69 Å². The van der Waals surface area contributed by atoms with Crippen molar-refractivity contribution in [2.24, 2.45) is 0 Å². The molecule has 7 nitrogen and oxygen atoms in total. The lowest BCUT2D eigenvalue weighted by Crippen LogP contribution is -2.48.